The quantitative estimate of drug-likeness (QED) is 0.256. The Kier molecular flexibility index (Phi) is 8.60. The Morgan fingerprint density at radius 2 is 2.00 bits per heavy atom. The zero-order valence-corrected chi connectivity index (χ0v) is 23.7. The summed E-state index contributed by atoms with van der Waals surface area (Å²) in [5.41, 5.74) is 0.0114. The molecule has 0 spiro atoms. The standard InChI is InChI=1S/C30H33N7O5/c1-4-40-24-11-6-13-32-27(24)41-22-10-7-15-37(19-22)26-18-31-17-25(35-26)36-29-33-14-12-23(34-29)20-8-5-9-21(16-20)42-30(2,3)28(38)39/h5-6,8-9,11-14,16-18,22H,4,7,10,15,19H2,1-3H3,(H,38,39)(H,33,34,35,36)/t22-/m1/s1. The van der Waals surface area contributed by atoms with E-state index in [1.54, 1.807) is 49.1 Å². The van der Waals surface area contributed by atoms with Crippen molar-refractivity contribution in [2.45, 2.75) is 45.3 Å². The average Bonchev–Trinajstić information content (AvgIpc) is 2.99. The molecule has 218 valence electrons. The molecule has 0 aliphatic carbocycles. The minimum Gasteiger partial charge on any atom is -0.488 e. The summed E-state index contributed by atoms with van der Waals surface area (Å²) in [4.78, 5) is 36.1. The van der Waals surface area contributed by atoms with E-state index in [0.717, 1.165) is 24.9 Å². The Balaban J connectivity index is 1.27. The molecule has 1 fully saturated rings. The third kappa shape index (κ3) is 7.00. The number of carboxylic acid groups (broad SMARTS) is 1. The van der Waals surface area contributed by atoms with Crippen LogP contribution in [-0.2, 0) is 4.79 Å². The summed E-state index contributed by atoms with van der Waals surface area (Å²) in [7, 11) is 0. The van der Waals surface area contributed by atoms with Crippen molar-refractivity contribution in [1.82, 2.24) is 24.9 Å². The first-order chi connectivity index (χ1) is 20.3. The highest BCUT2D eigenvalue weighted by molar-refractivity contribution is 5.77. The number of anilines is 3. The first kappa shape index (κ1) is 28.5. The molecular weight excluding hydrogens is 538 g/mol. The van der Waals surface area contributed by atoms with E-state index >= 15 is 0 Å². The van der Waals surface area contributed by atoms with Gasteiger partial charge in [0.2, 0.25) is 5.95 Å². The van der Waals surface area contributed by atoms with Crippen LogP contribution in [-0.4, -0.2) is 67.4 Å². The Morgan fingerprint density at radius 1 is 1.12 bits per heavy atom. The van der Waals surface area contributed by atoms with Crippen molar-refractivity contribution in [1.29, 1.82) is 0 Å². The molecule has 3 aromatic heterocycles. The second-order valence-electron chi connectivity index (χ2n) is 10.2. The lowest BCUT2D eigenvalue weighted by atomic mass is 10.1. The number of hydrogen-bond donors (Lipinski definition) is 2. The number of rotatable bonds is 11. The summed E-state index contributed by atoms with van der Waals surface area (Å²) >= 11 is 0. The van der Waals surface area contributed by atoms with Crippen LogP contribution in [0, 0.1) is 0 Å². The van der Waals surface area contributed by atoms with Gasteiger partial charge in [0, 0.05) is 24.5 Å². The number of pyridine rings is 1. The SMILES string of the molecule is CCOc1cccnc1O[C@@H]1CCCN(c2cncc(Nc3nccc(-c4cccc(OC(C)(C)C(=O)O)c4)n3)n2)C1. The molecule has 1 aliphatic heterocycles. The first-order valence-corrected chi connectivity index (χ1v) is 13.7. The third-order valence-electron chi connectivity index (χ3n) is 6.55. The van der Waals surface area contributed by atoms with Crippen molar-refractivity contribution in [2.24, 2.45) is 0 Å². The van der Waals surface area contributed by atoms with Gasteiger partial charge in [-0.15, -0.1) is 0 Å². The number of hydrogen-bond acceptors (Lipinski definition) is 11. The number of aromatic nitrogens is 5. The maximum Gasteiger partial charge on any atom is 0.347 e. The molecule has 12 nitrogen and oxygen atoms in total. The van der Waals surface area contributed by atoms with Crippen LogP contribution in [0.2, 0.25) is 0 Å². The molecule has 2 N–H and O–H groups in total. The van der Waals surface area contributed by atoms with Crippen LogP contribution in [0.1, 0.15) is 33.6 Å². The second kappa shape index (κ2) is 12.7. The number of nitrogens with one attached hydrogen (secondary N) is 1. The zero-order chi connectivity index (χ0) is 29.5. The number of aliphatic carboxylic acids is 1. The molecular formula is C30H33N7O5. The van der Waals surface area contributed by atoms with Crippen molar-refractivity contribution < 1.29 is 24.1 Å². The lowest BCUT2D eigenvalue weighted by Crippen LogP contribution is -2.41. The van der Waals surface area contributed by atoms with E-state index in [0.29, 0.717) is 53.8 Å². The number of carboxylic acids is 1. The van der Waals surface area contributed by atoms with Gasteiger partial charge in [-0.2, -0.15) is 0 Å². The van der Waals surface area contributed by atoms with Crippen LogP contribution in [0.4, 0.5) is 17.6 Å². The maximum atomic E-state index is 11.5. The lowest BCUT2D eigenvalue weighted by Gasteiger charge is -2.33. The molecule has 1 aliphatic rings. The van der Waals surface area contributed by atoms with Crippen molar-refractivity contribution >= 4 is 23.6 Å². The van der Waals surface area contributed by atoms with E-state index in [2.05, 4.69) is 30.2 Å². The fraction of sp³-hybridized carbons (Fsp3) is 0.333. The molecule has 4 heterocycles. The Bertz CT molecular complexity index is 1530. The Morgan fingerprint density at radius 3 is 2.83 bits per heavy atom. The van der Waals surface area contributed by atoms with Gasteiger partial charge < -0.3 is 29.5 Å². The smallest absolute Gasteiger partial charge is 0.347 e. The maximum absolute atomic E-state index is 11.5. The third-order valence-corrected chi connectivity index (χ3v) is 6.55. The highest BCUT2D eigenvalue weighted by Gasteiger charge is 2.29. The molecule has 0 saturated carbocycles. The van der Waals surface area contributed by atoms with Crippen LogP contribution < -0.4 is 24.4 Å². The van der Waals surface area contributed by atoms with E-state index in [1.165, 1.54) is 13.8 Å². The zero-order valence-electron chi connectivity index (χ0n) is 23.7. The monoisotopic (exact) mass is 571 g/mol. The fourth-order valence-corrected chi connectivity index (χ4v) is 4.45. The summed E-state index contributed by atoms with van der Waals surface area (Å²) in [5.74, 6) is 2.04. The van der Waals surface area contributed by atoms with Gasteiger partial charge in [0.1, 0.15) is 17.7 Å². The first-order valence-electron chi connectivity index (χ1n) is 13.7. The molecule has 4 aromatic rings. The van der Waals surface area contributed by atoms with Gasteiger partial charge in [-0.3, -0.25) is 4.98 Å². The topological polar surface area (TPSA) is 145 Å². The Hall–Kier alpha value is -5.00. The van der Waals surface area contributed by atoms with E-state index < -0.39 is 11.6 Å². The molecule has 0 amide bonds. The van der Waals surface area contributed by atoms with Gasteiger partial charge in [0.15, 0.2) is 17.2 Å². The highest BCUT2D eigenvalue weighted by atomic mass is 16.5. The van der Waals surface area contributed by atoms with Gasteiger partial charge in [-0.1, -0.05) is 12.1 Å². The lowest BCUT2D eigenvalue weighted by molar-refractivity contribution is -0.152. The predicted octanol–water partition coefficient (Wildman–Crippen LogP) is 4.76. The highest BCUT2D eigenvalue weighted by Crippen LogP contribution is 2.29. The normalized spacial score (nSPS) is 15.1. The fourth-order valence-electron chi connectivity index (χ4n) is 4.45. The van der Waals surface area contributed by atoms with E-state index in [4.69, 9.17) is 19.2 Å². The molecule has 1 aromatic carbocycles. The van der Waals surface area contributed by atoms with Gasteiger partial charge in [-0.05, 0) is 63.9 Å². The second-order valence-corrected chi connectivity index (χ2v) is 10.2. The average molecular weight is 572 g/mol. The number of carbonyl (C=O) groups is 1. The van der Waals surface area contributed by atoms with E-state index in [1.807, 2.05) is 25.1 Å². The molecule has 0 bridgehead atoms. The molecule has 12 heteroatoms. The summed E-state index contributed by atoms with van der Waals surface area (Å²) in [6, 6.07) is 12.6. The van der Waals surface area contributed by atoms with Crippen LogP contribution >= 0.6 is 0 Å². The molecule has 0 radical (unpaired) electrons. The van der Waals surface area contributed by atoms with Crippen molar-refractivity contribution in [3.05, 3.63) is 67.3 Å². The minimum atomic E-state index is -1.37. The van der Waals surface area contributed by atoms with E-state index in [-0.39, 0.29) is 6.10 Å². The van der Waals surface area contributed by atoms with Crippen molar-refractivity contribution in [2.75, 3.05) is 29.9 Å². The molecule has 1 saturated heterocycles. The van der Waals surface area contributed by atoms with Gasteiger partial charge >= 0.3 is 5.97 Å². The predicted molar refractivity (Wildman–Crippen MR) is 156 cm³/mol. The number of piperidine rings is 1. The van der Waals surface area contributed by atoms with Gasteiger partial charge in [-0.25, -0.2) is 24.7 Å². The molecule has 5 rings (SSSR count). The summed E-state index contributed by atoms with van der Waals surface area (Å²) in [6.07, 6.45) is 8.41. The minimum absolute atomic E-state index is 0.0768. The van der Waals surface area contributed by atoms with Crippen LogP contribution in [0.25, 0.3) is 11.3 Å². The van der Waals surface area contributed by atoms with Crippen molar-refractivity contribution in [3.63, 3.8) is 0 Å². The van der Waals surface area contributed by atoms with Crippen LogP contribution in [0.5, 0.6) is 17.4 Å². The summed E-state index contributed by atoms with van der Waals surface area (Å²) < 4.78 is 17.6. The molecule has 1 atom stereocenters. The molecule has 42 heavy (non-hydrogen) atoms. The Labute approximate surface area is 243 Å². The summed E-state index contributed by atoms with van der Waals surface area (Å²) in [6.45, 7) is 6.91. The largest absolute Gasteiger partial charge is 0.488 e. The van der Waals surface area contributed by atoms with Gasteiger partial charge in [0.25, 0.3) is 5.88 Å². The van der Waals surface area contributed by atoms with Crippen LogP contribution in [0.3, 0.4) is 0 Å². The van der Waals surface area contributed by atoms with E-state index in [9.17, 15) is 9.90 Å². The number of benzene rings is 1. The van der Waals surface area contributed by atoms with Crippen molar-refractivity contribution in [3.8, 4) is 28.6 Å². The van der Waals surface area contributed by atoms with Crippen LogP contribution in [0.15, 0.2) is 67.3 Å². The molecule has 0 unspecified atom stereocenters. The summed E-state index contributed by atoms with van der Waals surface area (Å²) in [5, 5.41) is 12.5. The van der Waals surface area contributed by atoms with Gasteiger partial charge in [0.05, 0.1) is 31.2 Å². The number of ether oxygens (including phenoxy) is 3. The number of nitrogens with zero attached hydrogens (tertiary/aromatic N) is 6.